The summed E-state index contributed by atoms with van der Waals surface area (Å²) in [6.07, 6.45) is 0.0176. The fourth-order valence-electron chi connectivity index (χ4n) is 1.78. The van der Waals surface area contributed by atoms with Crippen LogP contribution in [0.15, 0.2) is 29.3 Å². The van der Waals surface area contributed by atoms with Gasteiger partial charge < -0.3 is 20.1 Å². The van der Waals surface area contributed by atoms with Crippen LogP contribution in [0.3, 0.4) is 0 Å². The lowest BCUT2D eigenvalue weighted by atomic mass is 10.2. The van der Waals surface area contributed by atoms with Gasteiger partial charge in [-0.15, -0.1) is 0 Å². The van der Waals surface area contributed by atoms with E-state index >= 15 is 0 Å². The van der Waals surface area contributed by atoms with Crippen LogP contribution in [0.5, 0.6) is 5.75 Å². The zero-order valence-corrected chi connectivity index (χ0v) is 13.5. The molecule has 1 rings (SSSR count). The van der Waals surface area contributed by atoms with E-state index in [0.717, 1.165) is 30.4 Å². The lowest BCUT2D eigenvalue weighted by molar-refractivity contribution is 0.203. The Hall–Kier alpha value is -1.75. The minimum absolute atomic E-state index is 0.0176. The zero-order chi connectivity index (χ0) is 15.5. The van der Waals surface area contributed by atoms with E-state index < -0.39 is 0 Å². The summed E-state index contributed by atoms with van der Waals surface area (Å²) in [5, 5.41) is 6.41. The SMILES string of the molecule is CCNC(=NCC(C)Oc1ccccc1C)NCCOC. The second kappa shape index (κ2) is 10.0. The summed E-state index contributed by atoms with van der Waals surface area (Å²) in [7, 11) is 1.68. The number of para-hydroxylation sites is 1. The Kier molecular flexibility index (Phi) is 8.28. The number of ether oxygens (including phenoxy) is 2. The second-order valence-corrected chi connectivity index (χ2v) is 4.83. The molecule has 0 radical (unpaired) electrons. The van der Waals surface area contributed by atoms with Gasteiger partial charge in [0, 0.05) is 20.2 Å². The summed E-state index contributed by atoms with van der Waals surface area (Å²) in [6, 6.07) is 8.02. The maximum absolute atomic E-state index is 5.91. The van der Waals surface area contributed by atoms with Crippen LogP contribution in [-0.2, 0) is 4.74 Å². The Bertz CT molecular complexity index is 435. The quantitative estimate of drug-likeness (QED) is 0.437. The first kappa shape index (κ1) is 17.3. The van der Waals surface area contributed by atoms with Crippen molar-refractivity contribution in [2.24, 2.45) is 4.99 Å². The normalized spacial score (nSPS) is 12.9. The molecule has 0 aliphatic carbocycles. The van der Waals surface area contributed by atoms with Gasteiger partial charge in [-0.2, -0.15) is 0 Å². The summed E-state index contributed by atoms with van der Waals surface area (Å²) in [5.41, 5.74) is 1.14. The van der Waals surface area contributed by atoms with Crippen molar-refractivity contribution in [1.29, 1.82) is 0 Å². The molecule has 0 amide bonds. The Morgan fingerprint density at radius 2 is 2.05 bits per heavy atom. The molecule has 0 aromatic heterocycles. The predicted molar refractivity (Wildman–Crippen MR) is 87.1 cm³/mol. The molecule has 2 N–H and O–H groups in total. The molecule has 0 aliphatic heterocycles. The van der Waals surface area contributed by atoms with E-state index in [-0.39, 0.29) is 6.10 Å². The topological polar surface area (TPSA) is 54.9 Å². The van der Waals surface area contributed by atoms with Gasteiger partial charge in [-0.1, -0.05) is 18.2 Å². The van der Waals surface area contributed by atoms with E-state index in [9.17, 15) is 0 Å². The summed E-state index contributed by atoms with van der Waals surface area (Å²) in [6.45, 7) is 8.91. The monoisotopic (exact) mass is 293 g/mol. The van der Waals surface area contributed by atoms with Crippen molar-refractivity contribution in [1.82, 2.24) is 10.6 Å². The Morgan fingerprint density at radius 3 is 2.71 bits per heavy atom. The van der Waals surface area contributed by atoms with Gasteiger partial charge in [0.2, 0.25) is 0 Å². The predicted octanol–water partition coefficient (Wildman–Crippen LogP) is 1.96. The molecule has 0 aliphatic rings. The van der Waals surface area contributed by atoms with Crippen LogP contribution in [0.4, 0.5) is 0 Å². The molecule has 0 bridgehead atoms. The molecule has 1 unspecified atom stereocenters. The third-order valence-corrected chi connectivity index (χ3v) is 2.87. The number of rotatable bonds is 8. The molecule has 0 saturated heterocycles. The maximum atomic E-state index is 5.91. The van der Waals surface area contributed by atoms with Gasteiger partial charge in [0.25, 0.3) is 0 Å². The number of benzene rings is 1. The molecule has 118 valence electrons. The van der Waals surface area contributed by atoms with E-state index in [1.54, 1.807) is 7.11 Å². The average molecular weight is 293 g/mol. The number of hydrogen-bond acceptors (Lipinski definition) is 3. The maximum Gasteiger partial charge on any atom is 0.191 e. The van der Waals surface area contributed by atoms with Gasteiger partial charge in [-0.3, -0.25) is 0 Å². The molecule has 5 nitrogen and oxygen atoms in total. The van der Waals surface area contributed by atoms with Crippen molar-refractivity contribution in [3.05, 3.63) is 29.8 Å². The number of aryl methyl sites for hydroxylation is 1. The molecule has 0 fully saturated rings. The van der Waals surface area contributed by atoms with Crippen molar-refractivity contribution in [3.63, 3.8) is 0 Å². The van der Waals surface area contributed by atoms with Gasteiger partial charge in [0.15, 0.2) is 5.96 Å². The smallest absolute Gasteiger partial charge is 0.191 e. The van der Waals surface area contributed by atoms with Crippen LogP contribution in [0.2, 0.25) is 0 Å². The molecule has 21 heavy (non-hydrogen) atoms. The van der Waals surface area contributed by atoms with Gasteiger partial charge >= 0.3 is 0 Å². The molecular formula is C16H27N3O2. The van der Waals surface area contributed by atoms with E-state index in [1.165, 1.54) is 0 Å². The zero-order valence-electron chi connectivity index (χ0n) is 13.5. The summed E-state index contributed by atoms with van der Waals surface area (Å²) in [5.74, 6) is 1.70. The number of nitrogens with zero attached hydrogens (tertiary/aromatic N) is 1. The van der Waals surface area contributed by atoms with Crippen molar-refractivity contribution >= 4 is 5.96 Å². The highest BCUT2D eigenvalue weighted by Gasteiger charge is 2.06. The largest absolute Gasteiger partial charge is 0.489 e. The summed E-state index contributed by atoms with van der Waals surface area (Å²) < 4.78 is 10.9. The standard InChI is InChI=1S/C16H27N3O2/c1-5-17-16(18-10-11-20-4)19-12-14(3)21-15-9-7-6-8-13(15)2/h6-9,14H,5,10-12H2,1-4H3,(H2,17,18,19). The third kappa shape index (κ3) is 6.99. The minimum Gasteiger partial charge on any atom is -0.489 e. The summed E-state index contributed by atoms with van der Waals surface area (Å²) >= 11 is 0. The van der Waals surface area contributed by atoms with Crippen LogP contribution in [0.1, 0.15) is 19.4 Å². The fourth-order valence-corrected chi connectivity index (χ4v) is 1.78. The Labute approximate surface area is 127 Å². The Balaban J connectivity index is 2.48. The van der Waals surface area contributed by atoms with E-state index in [1.807, 2.05) is 45.0 Å². The lowest BCUT2D eigenvalue weighted by Crippen LogP contribution is -2.39. The van der Waals surface area contributed by atoms with Gasteiger partial charge in [0.1, 0.15) is 11.9 Å². The lowest BCUT2D eigenvalue weighted by Gasteiger charge is -2.16. The number of methoxy groups -OCH3 is 1. The van der Waals surface area contributed by atoms with E-state index in [2.05, 4.69) is 15.6 Å². The number of aliphatic imine (C=N–C) groups is 1. The molecular weight excluding hydrogens is 266 g/mol. The highest BCUT2D eigenvalue weighted by Crippen LogP contribution is 2.17. The van der Waals surface area contributed by atoms with Crippen molar-refractivity contribution in [2.45, 2.75) is 26.9 Å². The fraction of sp³-hybridized carbons (Fsp3) is 0.562. The van der Waals surface area contributed by atoms with Crippen molar-refractivity contribution in [2.75, 3.05) is 33.4 Å². The van der Waals surface area contributed by atoms with Crippen molar-refractivity contribution in [3.8, 4) is 5.75 Å². The molecule has 5 heteroatoms. The molecule has 0 heterocycles. The highest BCUT2D eigenvalue weighted by atomic mass is 16.5. The third-order valence-electron chi connectivity index (χ3n) is 2.87. The van der Waals surface area contributed by atoms with Crippen LogP contribution in [-0.4, -0.2) is 45.4 Å². The summed E-state index contributed by atoms with van der Waals surface area (Å²) in [4.78, 5) is 4.52. The van der Waals surface area contributed by atoms with Gasteiger partial charge in [0.05, 0.1) is 13.2 Å². The first-order valence-electron chi connectivity index (χ1n) is 7.40. The molecule has 1 atom stereocenters. The highest BCUT2D eigenvalue weighted by molar-refractivity contribution is 5.79. The second-order valence-electron chi connectivity index (χ2n) is 4.83. The first-order valence-corrected chi connectivity index (χ1v) is 7.40. The number of guanidine groups is 1. The number of hydrogen-bond donors (Lipinski definition) is 2. The van der Waals surface area contributed by atoms with E-state index in [0.29, 0.717) is 13.2 Å². The van der Waals surface area contributed by atoms with Crippen molar-refractivity contribution < 1.29 is 9.47 Å². The Morgan fingerprint density at radius 1 is 1.29 bits per heavy atom. The van der Waals surface area contributed by atoms with Crippen LogP contribution >= 0.6 is 0 Å². The van der Waals surface area contributed by atoms with Gasteiger partial charge in [-0.05, 0) is 32.4 Å². The van der Waals surface area contributed by atoms with Crippen LogP contribution in [0.25, 0.3) is 0 Å². The molecule has 1 aromatic carbocycles. The van der Waals surface area contributed by atoms with Crippen LogP contribution < -0.4 is 15.4 Å². The van der Waals surface area contributed by atoms with Crippen LogP contribution in [0, 0.1) is 6.92 Å². The van der Waals surface area contributed by atoms with E-state index in [4.69, 9.17) is 9.47 Å². The average Bonchev–Trinajstić information content (AvgIpc) is 2.47. The minimum atomic E-state index is 0.0176. The molecule has 0 saturated carbocycles. The van der Waals surface area contributed by atoms with Gasteiger partial charge in [-0.25, -0.2) is 4.99 Å². The molecule has 1 aromatic rings. The first-order chi connectivity index (χ1) is 10.2. The number of nitrogens with one attached hydrogen (secondary N) is 2. The molecule has 0 spiro atoms.